The van der Waals surface area contributed by atoms with Gasteiger partial charge in [0.25, 0.3) is 0 Å². The van der Waals surface area contributed by atoms with Crippen LogP contribution in [0.1, 0.15) is 28.4 Å². The van der Waals surface area contributed by atoms with Gasteiger partial charge in [-0.3, -0.25) is 9.67 Å². The average molecular weight is 346 g/mol. The topological polar surface area (TPSA) is 42.7 Å². The molecule has 0 radical (unpaired) electrons. The summed E-state index contributed by atoms with van der Waals surface area (Å²) in [4.78, 5) is 4.09. The van der Waals surface area contributed by atoms with Crippen LogP contribution in [0.3, 0.4) is 0 Å². The van der Waals surface area contributed by atoms with Crippen molar-refractivity contribution in [2.75, 3.05) is 0 Å². The maximum absolute atomic E-state index is 13.1. The first kappa shape index (κ1) is 17.2. The molecule has 3 rings (SSSR count). The summed E-state index contributed by atoms with van der Waals surface area (Å²) < 4.78 is 40.9. The van der Waals surface area contributed by atoms with E-state index in [-0.39, 0.29) is 0 Å². The van der Waals surface area contributed by atoms with Crippen molar-refractivity contribution in [1.82, 2.24) is 20.1 Å². The molecule has 0 saturated heterocycles. The Morgan fingerprint density at radius 1 is 1.08 bits per heavy atom. The molecule has 0 aliphatic heterocycles. The Labute approximate surface area is 143 Å². The van der Waals surface area contributed by atoms with Gasteiger partial charge >= 0.3 is 6.18 Å². The number of hydrogen-bond donors (Lipinski definition) is 1. The minimum atomic E-state index is -4.38. The van der Waals surface area contributed by atoms with Crippen molar-refractivity contribution in [3.63, 3.8) is 0 Å². The minimum absolute atomic E-state index is 0.411. The molecule has 1 N–H and O–H groups in total. The molecule has 1 unspecified atom stereocenters. The van der Waals surface area contributed by atoms with Crippen LogP contribution in [0.4, 0.5) is 13.2 Å². The molecule has 1 atom stereocenters. The van der Waals surface area contributed by atoms with Crippen LogP contribution in [-0.4, -0.2) is 14.8 Å². The second-order valence-electron chi connectivity index (χ2n) is 5.67. The van der Waals surface area contributed by atoms with Gasteiger partial charge in [-0.2, -0.15) is 18.3 Å². The lowest BCUT2D eigenvalue weighted by molar-refractivity contribution is -0.137. The maximum Gasteiger partial charge on any atom is 0.416 e. The summed E-state index contributed by atoms with van der Waals surface area (Å²) in [6, 6.07) is 10.4. The van der Waals surface area contributed by atoms with Crippen molar-refractivity contribution < 1.29 is 13.2 Å². The van der Waals surface area contributed by atoms with Crippen LogP contribution in [0.15, 0.2) is 61.1 Å². The van der Waals surface area contributed by atoms with E-state index in [2.05, 4.69) is 15.4 Å². The van der Waals surface area contributed by atoms with E-state index in [1.807, 2.05) is 19.2 Å². The number of benzene rings is 1. The molecule has 0 fully saturated rings. The normalized spacial score (nSPS) is 13.0. The van der Waals surface area contributed by atoms with E-state index in [1.165, 1.54) is 12.1 Å². The molecule has 0 bridgehead atoms. The number of rotatable bonds is 5. The number of aryl methyl sites for hydroxylation is 1. The van der Waals surface area contributed by atoms with Crippen LogP contribution in [0.2, 0.25) is 0 Å². The Kier molecular flexibility index (Phi) is 4.85. The third-order valence-electron chi connectivity index (χ3n) is 3.97. The van der Waals surface area contributed by atoms with E-state index < -0.39 is 17.8 Å². The zero-order valence-electron chi connectivity index (χ0n) is 13.5. The van der Waals surface area contributed by atoms with Gasteiger partial charge in [-0.15, -0.1) is 0 Å². The molecule has 1 aromatic carbocycles. The summed E-state index contributed by atoms with van der Waals surface area (Å²) in [5.41, 5.74) is 1.59. The molecule has 130 valence electrons. The maximum atomic E-state index is 13.1. The number of nitrogens with one attached hydrogen (secondary N) is 1. The van der Waals surface area contributed by atoms with Crippen molar-refractivity contribution in [2.45, 2.75) is 18.8 Å². The lowest BCUT2D eigenvalue weighted by atomic mass is 9.98. The summed E-state index contributed by atoms with van der Waals surface area (Å²) in [7, 11) is 1.82. The third-order valence-corrected chi connectivity index (χ3v) is 3.97. The van der Waals surface area contributed by atoms with Crippen LogP contribution < -0.4 is 5.32 Å². The summed E-state index contributed by atoms with van der Waals surface area (Å²) in [6.07, 6.45) is 0.590. The molecule has 7 heteroatoms. The van der Waals surface area contributed by atoms with E-state index in [0.717, 1.165) is 17.3 Å². The molecule has 0 aliphatic rings. The highest BCUT2D eigenvalue weighted by atomic mass is 19.4. The largest absolute Gasteiger partial charge is 0.416 e. The Morgan fingerprint density at radius 2 is 1.88 bits per heavy atom. The molecule has 25 heavy (non-hydrogen) atoms. The van der Waals surface area contributed by atoms with Crippen molar-refractivity contribution in [3.05, 3.63) is 83.4 Å². The number of alkyl halides is 3. The first-order chi connectivity index (χ1) is 11.9. The SMILES string of the molecule is Cn1nccc1CNC(c1cccnc1)c1cccc(C(F)(F)F)c1. The van der Waals surface area contributed by atoms with Gasteiger partial charge in [0.2, 0.25) is 0 Å². The number of aromatic nitrogens is 3. The van der Waals surface area contributed by atoms with Gasteiger partial charge in [-0.1, -0.05) is 18.2 Å². The van der Waals surface area contributed by atoms with Crippen molar-refractivity contribution in [3.8, 4) is 0 Å². The molecule has 3 aromatic rings. The summed E-state index contributed by atoms with van der Waals surface area (Å²) in [5.74, 6) is 0. The number of halogens is 3. The third kappa shape index (κ3) is 4.06. The monoisotopic (exact) mass is 346 g/mol. The first-order valence-electron chi connectivity index (χ1n) is 7.72. The van der Waals surface area contributed by atoms with Crippen LogP contribution in [0.5, 0.6) is 0 Å². The fraction of sp³-hybridized carbons (Fsp3) is 0.222. The summed E-state index contributed by atoms with van der Waals surface area (Å²) in [5, 5.41) is 7.41. The molecule has 0 spiro atoms. The van der Waals surface area contributed by atoms with E-state index >= 15 is 0 Å². The average Bonchev–Trinajstić information content (AvgIpc) is 3.01. The lowest BCUT2D eigenvalue weighted by Gasteiger charge is -2.21. The fourth-order valence-electron chi connectivity index (χ4n) is 2.65. The van der Waals surface area contributed by atoms with Gasteiger partial charge in [0.1, 0.15) is 0 Å². The van der Waals surface area contributed by atoms with Crippen LogP contribution in [-0.2, 0) is 19.8 Å². The van der Waals surface area contributed by atoms with Crippen molar-refractivity contribution in [2.24, 2.45) is 7.05 Å². The molecule has 0 amide bonds. The lowest BCUT2D eigenvalue weighted by Crippen LogP contribution is -2.24. The zero-order chi connectivity index (χ0) is 17.9. The van der Waals surface area contributed by atoms with Crippen molar-refractivity contribution >= 4 is 0 Å². The van der Waals surface area contributed by atoms with Crippen LogP contribution in [0.25, 0.3) is 0 Å². The zero-order valence-corrected chi connectivity index (χ0v) is 13.5. The standard InChI is InChI=1S/C18H17F3N4/c1-25-16(7-9-24-25)12-23-17(14-5-3-8-22-11-14)13-4-2-6-15(10-13)18(19,20)21/h2-11,17,23H,12H2,1H3. The Hall–Kier alpha value is -2.67. The second-order valence-corrected chi connectivity index (χ2v) is 5.67. The van der Waals surface area contributed by atoms with E-state index in [9.17, 15) is 13.2 Å². The quantitative estimate of drug-likeness (QED) is 0.766. The summed E-state index contributed by atoms with van der Waals surface area (Å²) in [6.45, 7) is 0.465. The highest BCUT2D eigenvalue weighted by molar-refractivity contribution is 5.34. The molecule has 2 aromatic heterocycles. The Morgan fingerprint density at radius 3 is 2.52 bits per heavy atom. The molecule has 2 heterocycles. The molecule has 4 nitrogen and oxygen atoms in total. The Bertz CT molecular complexity index is 828. The molecule has 0 saturated carbocycles. The highest BCUT2D eigenvalue weighted by Gasteiger charge is 2.31. The highest BCUT2D eigenvalue weighted by Crippen LogP contribution is 2.32. The first-order valence-corrected chi connectivity index (χ1v) is 7.72. The van der Waals surface area contributed by atoms with Gasteiger partial charge in [-0.05, 0) is 35.4 Å². The number of pyridine rings is 1. The van der Waals surface area contributed by atoms with Gasteiger partial charge < -0.3 is 5.32 Å². The predicted octanol–water partition coefficient (Wildman–Crippen LogP) is 3.71. The number of nitrogens with zero attached hydrogens (tertiary/aromatic N) is 3. The van der Waals surface area contributed by atoms with Gasteiger partial charge in [0.15, 0.2) is 0 Å². The van der Waals surface area contributed by atoms with Crippen LogP contribution in [0, 0.1) is 0 Å². The van der Waals surface area contributed by atoms with E-state index in [1.54, 1.807) is 35.4 Å². The summed E-state index contributed by atoms with van der Waals surface area (Å²) >= 11 is 0. The number of hydrogen-bond acceptors (Lipinski definition) is 3. The molecule has 0 aliphatic carbocycles. The molecular weight excluding hydrogens is 329 g/mol. The van der Waals surface area contributed by atoms with Crippen molar-refractivity contribution in [1.29, 1.82) is 0 Å². The van der Waals surface area contributed by atoms with E-state index in [0.29, 0.717) is 12.1 Å². The fourth-order valence-corrected chi connectivity index (χ4v) is 2.65. The van der Waals surface area contributed by atoms with Gasteiger partial charge in [-0.25, -0.2) is 0 Å². The minimum Gasteiger partial charge on any atom is -0.301 e. The Balaban J connectivity index is 1.93. The smallest absolute Gasteiger partial charge is 0.301 e. The molecular formula is C18H17F3N4. The van der Waals surface area contributed by atoms with Crippen LogP contribution >= 0.6 is 0 Å². The van der Waals surface area contributed by atoms with E-state index in [4.69, 9.17) is 0 Å². The van der Waals surface area contributed by atoms with Gasteiger partial charge in [0, 0.05) is 32.2 Å². The predicted molar refractivity (Wildman–Crippen MR) is 87.6 cm³/mol. The second kappa shape index (κ2) is 7.06. The van der Waals surface area contributed by atoms with Gasteiger partial charge in [0.05, 0.1) is 17.3 Å².